The Labute approximate surface area is 111 Å². The molecule has 1 atom stereocenters. The molecule has 0 aromatic carbocycles. The van der Waals surface area contributed by atoms with E-state index in [0.717, 1.165) is 0 Å². The van der Waals surface area contributed by atoms with Gasteiger partial charge in [-0.2, -0.15) is 8.42 Å². The molecular weight excluding hydrogens is 280 g/mol. The average Bonchev–Trinajstić information content (AvgIpc) is 2.07. The number of carbonyl (C=O) groups is 2. The van der Waals surface area contributed by atoms with E-state index in [0.29, 0.717) is 6.26 Å². The van der Waals surface area contributed by atoms with Crippen LogP contribution in [0.15, 0.2) is 0 Å². The predicted molar refractivity (Wildman–Crippen MR) is 66.9 cm³/mol. The van der Waals surface area contributed by atoms with E-state index in [1.807, 2.05) is 0 Å². The maximum absolute atomic E-state index is 11.1. The highest BCUT2D eigenvalue weighted by molar-refractivity contribution is 7.85. The van der Waals surface area contributed by atoms with E-state index in [1.165, 1.54) is 0 Å². The molecule has 0 radical (unpaired) electrons. The van der Waals surface area contributed by atoms with Crippen LogP contribution in [0.2, 0.25) is 0 Å². The van der Waals surface area contributed by atoms with Gasteiger partial charge in [0.25, 0.3) is 10.1 Å². The number of nitrogens with two attached hydrogens (primary N) is 1. The van der Waals surface area contributed by atoms with E-state index >= 15 is 0 Å². The van der Waals surface area contributed by atoms with Crippen molar-refractivity contribution in [3.63, 3.8) is 0 Å². The lowest BCUT2D eigenvalue weighted by molar-refractivity contribution is -0.120. The summed E-state index contributed by atoms with van der Waals surface area (Å²) in [7, 11) is -3.67. The summed E-state index contributed by atoms with van der Waals surface area (Å²) < 4.78 is 30.7. The molecule has 0 aliphatic heterocycles. The molecule has 0 aliphatic rings. The molecule has 0 heterocycles. The number of nitrogens with one attached hydrogen (secondary N) is 1. The van der Waals surface area contributed by atoms with Gasteiger partial charge in [-0.05, 0) is 20.8 Å². The van der Waals surface area contributed by atoms with Crippen LogP contribution < -0.4 is 11.1 Å². The van der Waals surface area contributed by atoms with Crippen molar-refractivity contribution in [2.45, 2.75) is 32.4 Å². The third kappa shape index (κ3) is 19.1. The maximum Gasteiger partial charge on any atom is 0.408 e. The lowest BCUT2D eigenvalue weighted by Gasteiger charge is -2.21. The van der Waals surface area contributed by atoms with Crippen molar-refractivity contribution in [1.82, 2.24) is 5.32 Å². The Balaban J connectivity index is 0. The van der Waals surface area contributed by atoms with Crippen LogP contribution in [0.3, 0.4) is 0 Å². The Bertz CT molecular complexity index is 391. The maximum atomic E-state index is 11.1. The second kappa shape index (κ2) is 7.92. The number of hydrogen-bond acceptors (Lipinski definition) is 6. The molecular formula is C9H20N2O7S. The van der Waals surface area contributed by atoms with Crippen LogP contribution in [0.4, 0.5) is 4.79 Å². The number of carbonyl (C=O) groups excluding carboxylic acids is 2. The van der Waals surface area contributed by atoms with E-state index in [1.54, 1.807) is 20.8 Å². The molecule has 19 heavy (non-hydrogen) atoms. The van der Waals surface area contributed by atoms with E-state index in [-0.39, 0.29) is 0 Å². The Kier molecular flexibility index (Phi) is 8.31. The second-order valence-corrected chi connectivity index (χ2v) is 5.98. The molecule has 9 nitrogen and oxygen atoms in total. The van der Waals surface area contributed by atoms with Crippen LogP contribution in [0, 0.1) is 0 Å². The number of aliphatic hydroxyl groups is 1. The molecule has 0 aromatic rings. The fourth-order valence-electron chi connectivity index (χ4n) is 0.657. The van der Waals surface area contributed by atoms with Gasteiger partial charge in [0, 0.05) is 0 Å². The van der Waals surface area contributed by atoms with Gasteiger partial charge < -0.3 is 20.9 Å². The largest absolute Gasteiger partial charge is 0.444 e. The minimum atomic E-state index is -3.67. The third-order valence-electron chi connectivity index (χ3n) is 1.22. The number of amides is 2. The van der Waals surface area contributed by atoms with Gasteiger partial charge in [-0.1, -0.05) is 0 Å². The normalized spacial score (nSPS) is 12.7. The van der Waals surface area contributed by atoms with Crippen molar-refractivity contribution in [3.05, 3.63) is 0 Å². The van der Waals surface area contributed by atoms with Crippen molar-refractivity contribution < 1.29 is 32.4 Å². The standard InChI is InChI=1S/C8H16N2O4.CH4O3S/c1-8(2,3)14-7(13)10-5(4-11)6(9)12;1-5(2,3)4/h5,11H,4H2,1-3H3,(H2,9,12)(H,10,13);1H3,(H,2,3,4)/t5-;/m0./s1. The predicted octanol–water partition coefficient (Wildman–Crippen LogP) is -1.14. The monoisotopic (exact) mass is 300 g/mol. The van der Waals surface area contributed by atoms with Crippen LogP contribution >= 0.6 is 0 Å². The Morgan fingerprint density at radius 2 is 1.74 bits per heavy atom. The van der Waals surface area contributed by atoms with Crippen molar-refractivity contribution in [3.8, 4) is 0 Å². The summed E-state index contributed by atoms with van der Waals surface area (Å²) in [6.45, 7) is 4.51. The third-order valence-corrected chi connectivity index (χ3v) is 1.22. The van der Waals surface area contributed by atoms with Gasteiger partial charge in [0.15, 0.2) is 0 Å². The molecule has 0 rings (SSSR count). The molecule has 0 aliphatic carbocycles. The molecule has 0 bridgehead atoms. The van der Waals surface area contributed by atoms with Crippen molar-refractivity contribution in [1.29, 1.82) is 0 Å². The molecule has 2 amide bonds. The van der Waals surface area contributed by atoms with Crippen molar-refractivity contribution in [2.75, 3.05) is 12.9 Å². The summed E-state index contributed by atoms with van der Waals surface area (Å²) in [4.78, 5) is 21.7. The van der Waals surface area contributed by atoms with Crippen LogP contribution in [0.1, 0.15) is 20.8 Å². The van der Waals surface area contributed by atoms with Crippen LogP contribution in [-0.2, 0) is 19.6 Å². The van der Waals surface area contributed by atoms with Gasteiger partial charge in [-0.25, -0.2) is 4.79 Å². The van der Waals surface area contributed by atoms with Crippen molar-refractivity contribution >= 4 is 22.1 Å². The second-order valence-electron chi connectivity index (χ2n) is 4.52. The number of ether oxygens (including phenoxy) is 1. The van der Waals surface area contributed by atoms with Gasteiger partial charge in [-0.3, -0.25) is 9.35 Å². The number of primary amides is 1. The highest BCUT2D eigenvalue weighted by atomic mass is 32.2. The fraction of sp³-hybridized carbons (Fsp3) is 0.778. The topological polar surface area (TPSA) is 156 Å². The molecule has 10 heteroatoms. The summed E-state index contributed by atoms with van der Waals surface area (Å²) in [6.07, 6.45) is -0.0668. The smallest absolute Gasteiger partial charge is 0.408 e. The van der Waals surface area contributed by atoms with Crippen LogP contribution in [0.25, 0.3) is 0 Å². The zero-order chi connectivity index (χ0) is 15.9. The van der Waals surface area contributed by atoms with Gasteiger partial charge in [0.2, 0.25) is 5.91 Å². The average molecular weight is 300 g/mol. The molecule has 114 valence electrons. The summed E-state index contributed by atoms with van der Waals surface area (Å²) in [5.41, 5.74) is 4.24. The molecule has 0 spiro atoms. The lowest BCUT2D eigenvalue weighted by atomic mass is 10.2. The Morgan fingerprint density at radius 1 is 1.37 bits per heavy atom. The van der Waals surface area contributed by atoms with E-state index in [2.05, 4.69) is 5.32 Å². The quantitative estimate of drug-likeness (QED) is 0.480. The fourth-order valence-corrected chi connectivity index (χ4v) is 0.657. The number of aliphatic hydroxyl groups excluding tert-OH is 1. The molecule has 0 aromatic heterocycles. The minimum Gasteiger partial charge on any atom is -0.444 e. The van der Waals surface area contributed by atoms with Gasteiger partial charge in [0.1, 0.15) is 11.6 Å². The first-order chi connectivity index (χ1) is 8.26. The molecule has 0 saturated heterocycles. The molecule has 0 saturated carbocycles. The zero-order valence-corrected chi connectivity index (χ0v) is 12.0. The minimum absolute atomic E-state index is 0.547. The van der Waals surface area contributed by atoms with Crippen molar-refractivity contribution in [2.24, 2.45) is 5.73 Å². The Hall–Kier alpha value is -1.39. The first-order valence-corrected chi connectivity index (χ1v) is 6.93. The summed E-state index contributed by atoms with van der Waals surface area (Å²) in [5, 5.41) is 10.8. The molecule has 0 unspecified atom stereocenters. The summed E-state index contributed by atoms with van der Waals surface area (Å²) in [5.74, 6) is -0.807. The highest BCUT2D eigenvalue weighted by Crippen LogP contribution is 2.06. The number of hydrogen-bond donors (Lipinski definition) is 4. The molecule has 0 fully saturated rings. The molecule has 5 N–H and O–H groups in total. The summed E-state index contributed by atoms with van der Waals surface area (Å²) >= 11 is 0. The van der Waals surface area contributed by atoms with Crippen LogP contribution in [0.5, 0.6) is 0 Å². The van der Waals surface area contributed by atoms with Gasteiger partial charge in [-0.15, -0.1) is 0 Å². The zero-order valence-electron chi connectivity index (χ0n) is 11.2. The summed E-state index contributed by atoms with van der Waals surface area (Å²) in [6, 6.07) is -1.11. The van der Waals surface area contributed by atoms with Gasteiger partial charge >= 0.3 is 6.09 Å². The Morgan fingerprint density at radius 3 is 1.95 bits per heavy atom. The van der Waals surface area contributed by atoms with E-state index in [9.17, 15) is 18.0 Å². The highest BCUT2D eigenvalue weighted by Gasteiger charge is 2.21. The number of alkyl carbamates (subject to hydrolysis) is 1. The first kappa shape index (κ1) is 19.9. The van der Waals surface area contributed by atoms with Crippen LogP contribution in [-0.4, -0.2) is 54.6 Å². The number of rotatable bonds is 3. The van der Waals surface area contributed by atoms with E-state index < -0.39 is 40.4 Å². The van der Waals surface area contributed by atoms with E-state index in [4.69, 9.17) is 20.1 Å². The van der Waals surface area contributed by atoms with Gasteiger partial charge in [0.05, 0.1) is 12.9 Å². The first-order valence-electron chi connectivity index (χ1n) is 5.08. The lowest BCUT2D eigenvalue weighted by Crippen LogP contribution is -2.48. The SMILES string of the molecule is CC(C)(C)OC(=O)N[C@@H](CO)C(N)=O.CS(=O)(=O)O.